The summed E-state index contributed by atoms with van der Waals surface area (Å²) in [5, 5.41) is 10.5. The monoisotopic (exact) mass is 198 g/mol. The molecule has 1 rings (SSSR count). The second-order valence-corrected chi connectivity index (χ2v) is 2.84. The number of hydrogen-bond acceptors (Lipinski definition) is 2. The van der Waals surface area contributed by atoms with Gasteiger partial charge in [0.15, 0.2) is 0 Å². The van der Waals surface area contributed by atoms with E-state index in [9.17, 15) is 9.18 Å². The normalized spacial score (nSPS) is 12.1. The van der Waals surface area contributed by atoms with Crippen LogP contribution in [0.3, 0.4) is 0 Å². The Morgan fingerprint density at radius 2 is 2.07 bits per heavy atom. The second kappa shape index (κ2) is 4.57. The minimum Gasteiger partial charge on any atom is -0.465 e. The topological polar surface area (TPSA) is 75.3 Å². The molecule has 0 heterocycles. The van der Waals surface area contributed by atoms with E-state index in [1.165, 1.54) is 24.3 Å². The molecule has 0 bridgehead atoms. The number of carbonyl (C=O) groups is 1. The molecule has 0 aromatic heterocycles. The molecular weight excluding hydrogens is 187 g/mol. The highest BCUT2D eigenvalue weighted by Crippen LogP contribution is 2.09. The summed E-state index contributed by atoms with van der Waals surface area (Å²) in [6, 6.07) is 5.19. The molecule has 1 aromatic rings. The zero-order valence-electron chi connectivity index (χ0n) is 7.40. The number of halogens is 1. The third-order valence-electron chi connectivity index (χ3n) is 1.77. The van der Waals surface area contributed by atoms with Crippen molar-refractivity contribution in [2.24, 2.45) is 5.73 Å². The Morgan fingerprint density at radius 1 is 1.50 bits per heavy atom. The number of carboxylic acid groups (broad SMARTS) is 1. The lowest BCUT2D eigenvalue weighted by Gasteiger charge is -2.11. The van der Waals surface area contributed by atoms with E-state index in [4.69, 9.17) is 10.8 Å². The Bertz CT molecular complexity index is 313. The van der Waals surface area contributed by atoms with Crippen LogP contribution in [-0.4, -0.2) is 17.7 Å². The standard InChI is InChI=1S/C9H11FN2O2/c10-7-3-1-6(2-4-7)8(11)5-12-9(13)14/h1-4,8,12H,5,11H2,(H,13,14)/t8-/m0/s1. The van der Waals surface area contributed by atoms with E-state index >= 15 is 0 Å². The van der Waals surface area contributed by atoms with Gasteiger partial charge in [-0.25, -0.2) is 9.18 Å². The molecule has 0 spiro atoms. The van der Waals surface area contributed by atoms with E-state index in [1.807, 2.05) is 0 Å². The van der Waals surface area contributed by atoms with Crippen molar-refractivity contribution in [1.82, 2.24) is 5.32 Å². The van der Waals surface area contributed by atoms with Gasteiger partial charge >= 0.3 is 6.09 Å². The highest BCUT2D eigenvalue weighted by molar-refractivity contribution is 5.64. The first-order valence-electron chi connectivity index (χ1n) is 4.07. The molecule has 0 fully saturated rings. The fraction of sp³-hybridized carbons (Fsp3) is 0.222. The van der Waals surface area contributed by atoms with E-state index < -0.39 is 12.1 Å². The molecule has 1 atom stereocenters. The summed E-state index contributed by atoms with van der Waals surface area (Å²) in [5.41, 5.74) is 6.34. The van der Waals surface area contributed by atoms with Crippen LogP contribution in [0.2, 0.25) is 0 Å². The lowest BCUT2D eigenvalue weighted by Crippen LogP contribution is -2.30. The summed E-state index contributed by atoms with van der Waals surface area (Å²) in [4.78, 5) is 10.2. The summed E-state index contributed by atoms with van der Waals surface area (Å²) < 4.78 is 12.5. The van der Waals surface area contributed by atoms with E-state index in [0.717, 1.165) is 0 Å². The summed E-state index contributed by atoms with van der Waals surface area (Å²) in [5.74, 6) is -0.341. The van der Waals surface area contributed by atoms with Crippen LogP contribution < -0.4 is 11.1 Å². The van der Waals surface area contributed by atoms with Crippen LogP contribution in [-0.2, 0) is 0 Å². The SMILES string of the molecule is N[C@@H](CNC(=O)O)c1ccc(F)cc1. The summed E-state index contributed by atoms with van der Waals surface area (Å²) in [6.07, 6.45) is -1.12. The number of hydrogen-bond donors (Lipinski definition) is 3. The maximum Gasteiger partial charge on any atom is 0.404 e. The molecule has 4 nitrogen and oxygen atoms in total. The van der Waals surface area contributed by atoms with E-state index in [1.54, 1.807) is 0 Å². The molecule has 0 aliphatic rings. The largest absolute Gasteiger partial charge is 0.465 e. The summed E-state index contributed by atoms with van der Waals surface area (Å²) in [6.45, 7) is 0.112. The van der Waals surface area contributed by atoms with Crippen molar-refractivity contribution in [2.75, 3.05) is 6.54 Å². The minimum absolute atomic E-state index is 0.112. The van der Waals surface area contributed by atoms with Gasteiger partial charge in [-0.15, -0.1) is 0 Å². The van der Waals surface area contributed by atoms with E-state index in [2.05, 4.69) is 5.32 Å². The second-order valence-electron chi connectivity index (χ2n) is 2.84. The van der Waals surface area contributed by atoms with Gasteiger partial charge in [0, 0.05) is 12.6 Å². The van der Waals surface area contributed by atoms with Crippen LogP contribution in [0.25, 0.3) is 0 Å². The molecule has 0 aliphatic heterocycles. The summed E-state index contributed by atoms with van der Waals surface area (Å²) >= 11 is 0. The molecule has 76 valence electrons. The molecular formula is C9H11FN2O2. The van der Waals surface area contributed by atoms with Crippen LogP contribution in [0.4, 0.5) is 9.18 Å². The minimum atomic E-state index is -1.12. The fourth-order valence-electron chi connectivity index (χ4n) is 1.03. The maximum atomic E-state index is 12.5. The van der Waals surface area contributed by atoms with Crippen LogP contribution in [0.5, 0.6) is 0 Å². The van der Waals surface area contributed by atoms with Crippen LogP contribution in [0.15, 0.2) is 24.3 Å². The highest BCUT2D eigenvalue weighted by Gasteiger charge is 2.06. The van der Waals surface area contributed by atoms with Gasteiger partial charge in [0.05, 0.1) is 0 Å². The van der Waals surface area contributed by atoms with Gasteiger partial charge in [-0.2, -0.15) is 0 Å². The van der Waals surface area contributed by atoms with Crippen LogP contribution in [0, 0.1) is 5.82 Å². The summed E-state index contributed by atoms with van der Waals surface area (Å²) in [7, 11) is 0. The lowest BCUT2D eigenvalue weighted by molar-refractivity contribution is 0.193. The zero-order chi connectivity index (χ0) is 10.6. The molecule has 14 heavy (non-hydrogen) atoms. The molecule has 4 N–H and O–H groups in total. The van der Waals surface area contributed by atoms with E-state index in [-0.39, 0.29) is 12.4 Å². The van der Waals surface area contributed by atoms with Crippen LogP contribution >= 0.6 is 0 Å². The molecule has 1 aromatic carbocycles. The number of rotatable bonds is 3. The number of nitrogens with one attached hydrogen (secondary N) is 1. The third-order valence-corrected chi connectivity index (χ3v) is 1.77. The zero-order valence-corrected chi connectivity index (χ0v) is 7.40. The number of nitrogens with two attached hydrogens (primary N) is 1. The number of benzene rings is 1. The van der Waals surface area contributed by atoms with Gasteiger partial charge in [0.25, 0.3) is 0 Å². The first kappa shape index (κ1) is 10.5. The predicted molar refractivity (Wildman–Crippen MR) is 49.4 cm³/mol. The predicted octanol–water partition coefficient (Wildman–Crippen LogP) is 1.09. The highest BCUT2D eigenvalue weighted by atomic mass is 19.1. The fourth-order valence-corrected chi connectivity index (χ4v) is 1.03. The van der Waals surface area contributed by atoms with Crippen LogP contribution in [0.1, 0.15) is 11.6 Å². The van der Waals surface area contributed by atoms with Gasteiger partial charge in [-0.3, -0.25) is 0 Å². The Kier molecular flexibility index (Phi) is 3.41. The Hall–Kier alpha value is -1.62. The Morgan fingerprint density at radius 3 is 2.57 bits per heavy atom. The van der Waals surface area contributed by atoms with Crippen molar-refractivity contribution in [3.05, 3.63) is 35.6 Å². The van der Waals surface area contributed by atoms with Gasteiger partial charge in [0.1, 0.15) is 5.82 Å². The van der Waals surface area contributed by atoms with Gasteiger partial charge in [0.2, 0.25) is 0 Å². The molecule has 0 aliphatic carbocycles. The molecule has 0 radical (unpaired) electrons. The first-order chi connectivity index (χ1) is 6.59. The van der Waals surface area contributed by atoms with Gasteiger partial charge in [-0.05, 0) is 17.7 Å². The Balaban J connectivity index is 2.56. The molecule has 0 saturated heterocycles. The maximum absolute atomic E-state index is 12.5. The molecule has 0 saturated carbocycles. The quantitative estimate of drug-likeness (QED) is 0.680. The molecule has 0 unspecified atom stereocenters. The average molecular weight is 198 g/mol. The van der Waals surface area contributed by atoms with Gasteiger partial charge in [-0.1, -0.05) is 12.1 Å². The van der Waals surface area contributed by atoms with Crippen molar-refractivity contribution < 1.29 is 14.3 Å². The van der Waals surface area contributed by atoms with Crippen molar-refractivity contribution in [3.63, 3.8) is 0 Å². The Labute approximate surface area is 80.5 Å². The first-order valence-corrected chi connectivity index (χ1v) is 4.07. The average Bonchev–Trinajstić information content (AvgIpc) is 2.15. The van der Waals surface area contributed by atoms with Crippen molar-refractivity contribution in [1.29, 1.82) is 0 Å². The third kappa shape index (κ3) is 3.02. The van der Waals surface area contributed by atoms with Crippen molar-refractivity contribution >= 4 is 6.09 Å². The number of amides is 1. The van der Waals surface area contributed by atoms with Crippen molar-refractivity contribution in [2.45, 2.75) is 6.04 Å². The smallest absolute Gasteiger partial charge is 0.404 e. The van der Waals surface area contributed by atoms with Crippen molar-refractivity contribution in [3.8, 4) is 0 Å². The molecule has 5 heteroatoms. The lowest BCUT2D eigenvalue weighted by atomic mass is 10.1. The molecule has 1 amide bonds. The van der Waals surface area contributed by atoms with E-state index in [0.29, 0.717) is 5.56 Å². The van der Waals surface area contributed by atoms with Gasteiger partial charge < -0.3 is 16.2 Å².